The van der Waals surface area contributed by atoms with Gasteiger partial charge < -0.3 is 34.3 Å². The van der Waals surface area contributed by atoms with Crippen LogP contribution in [-0.4, -0.2) is 68.0 Å². The van der Waals surface area contributed by atoms with Crippen molar-refractivity contribution in [1.82, 2.24) is 0 Å². The molecule has 304 valence electrons. The zero-order valence-electron chi connectivity index (χ0n) is 33.5. The fraction of sp³-hybridized carbons (Fsp3) is 0.841. The SMILES string of the molecule is COC(=O)c1cc(OCCCCCCCCCCCCO)c(OCCCCCCCCCCCCO)c(OCCCCCCCCCCCCO)c1. The summed E-state index contributed by atoms with van der Waals surface area (Å²) in [5, 5.41) is 26.8. The molecule has 8 heteroatoms. The number of hydrogen-bond acceptors (Lipinski definition) is 8. The molecular formula is C44H80O8. The number of aliphatic hydroxyl groups is 3. The molecule has 0 aromatic heterocycles. The fourth-order valence-electron chi connectivity index (χ4n) is 6.59. The summed E-state index contributed by atoms with van der Waals surface area (Å²) < 4.78 is 24.1. The number of rotatable bonds is 40. The van der Waals surface area contributed by atoms with Gasteiger partial charge in [-0.3, -0.25) is 0 Å². The third kappa shape index (κ3) is 27.6. The highest BCUT2D eigenvalue weighted by molar-refractivity contribution is 5.91. The van der Waals surface area contributed by atoms with Crippen LogP contribution in [0.1, 0.15) is 203 Å². The van der Waals surface area contributed by atoms with E-state index in [0.717, 1.165) is 77.0 Å². The lowest BCUT2D eigenvalue weighted by atomic mass is 10.1. The maximum absolute atomic E-state index is 12.6. The molecule has 0 saturated heterocycles. The lowest BCUT2D eigenvalue weighted by Gasteiger charge is -2.18. The van der Waals surface area contributed by atoms with E-state index in [9.17, 15) is 4.79 Å². The fourth-order valence-corrected chi connectivity index (χ4v) is 6.59. The maximum Gasteiger partial charge on any atom is 0.338 e. The summed E-state index contributed by atoms with van der Waals surface area (Å²) in [6, 6.07) is 3.49. The van der Waals surface area contributed by atoms with E-state index >= 15 is 0 Å². The Balaban J connectivity index is 2.64. The molecule has 0 fully saturated rings. The minimum absolute atomic E-state index is 0.306. The molecule has 0 atom stereocenters. The molecule has 0 amide bonds. The average Bonchev–Trinajstić information content (AvgIpc) is 3.16. The van der Waals surface area contributed by atoms with E-state index < -0.39 is 5.97 Å². The van der Waals surface area contributed by atoms with E-state index in [1.54, 1.807) is 12.1 Å². The zero-order valence-corrected chi connectivity index (χ0v) is 33.5. The molecule has 8 nitrogen and oxygen atoms in total. The van der Waals surface area contributed by atoms with Crippen LogP contribution in [0.3, 0.4) is 0 Å². The van der Waals surface area contributed by atoms with E-state index in [1.165, 1.54) is 123 Å². The normalized spacial score (nSPS) is 11.2. The summed E-state index contributed by atoms with van der Waals surface area (Å²) in [6.07, 6.45) is 34.6. The van der Waals surface area contributed by atoms with E-state index in [0.29, 0.717) is 62.5 Å². The lowest BCUT2D eigenvalue weighted by molar-refractivity contribution is 0.0599. The second-order valence-electron chi connectivity index (χ2n) is 14.6. The molecule has 0 aliphatic carbocycles. The topological polar surface area (TPSA) is 115 Å². The van der Waals surface area contributed by atoms with E-state index in [1.807, 2.05) is 0 Å². The summed E-state index contributed by atoms with van der Waals surface area (Å²) >= 11 is 0. The van der Waals surface area contributed by atoms with Gasteiger partial charge >= 0.3 is 5.97 Å². The predicted octanol–water partition coefficient (Wildman–Crippen LogP) is 11.3. The molecule has 52 heavy (non-hydrogen) atoms. The Morgan fingerprint density at radius 3 is 0.923 bits per heavy atom. The molecule has 0 spiro atoms. The van der Waals surface area contributed by atoms with Crippen molar-refractivity contribution in [3.8, 4) is 17.2 Å². The monoisotopic (exact) mass is 737 g/mol. The third-order valence-corrected chi connectivity index (χ3v) is 9.86. The molecule has 1 aromatic rings. The maximum atomic E-state index is 12.6. The second kappa shape index (κ2) is 37.3. The van der Waals surface area contributed by atoms with Gasteiger partial charge in [-0.2, -0.15) is 0 Å². The summed E-state index contributed by atoms with van der Waals surface area (Å²) in [5.41, 5.74) is 0.411. The molecule has 1 aromatic carbocycles. The number of carbonyl (C=O) groups excluding carboxylic acids is 1. The number of hydrogen-bond donors (Lipinski definition) is 3. The second-order valence-corrected chi connectivity index (χ2v) is 14.6. The Labute approximate surface area is 318 Å². The smallest absolute Gasteiger partial charge is 0.338 e. The Morgan fingerprint density at radius 1 is 0.404 bits per heavy atom. The number of unbranched alkanes of at least 4 members (excludes halogenated alkanes) is 27. The molecule has 0 aliphatic rings. The van der Waals surface area contributed by atoms with Crippen molar-refractivity contribution in [1.29, 1.82) is 0 Å². The Hall–Kier alpha value is -2.03. The van der Waals surface area contributed by atoms with Crippen LogP contribution in [0.2, 0.25) is 0 Å². The van der Waals surface area contributed by atoms with Crippen molar-refractivity contribution in [2.24, 2.45) is 0 Å². The summed E-state index contributed by atoms with van der Waals surface area (Å²) in [5.74, 6) is 1.29. The van der Waals surface area contributed by atoms with Crippen LogP contribution in [0.15, 0.2) is 12.1 Å². The van der Waals surface area contributed by atoms with Crippen molar-refractivity contribution >= 4 is 5.97 Å². The molecule has 0 heterocycles. The van der Waals surface area contributed by atoms with Gasteiger partial charge in [-0.1, -0.05) is 154 Å². The van der Waals surface area contributed by atoms with Gasteiger partial charge in [0.05, 0.1) is 32.5 Å². The van der Waals surface area contributed by atoms with Crippen LogP contribution in [0, 0.1) is 0 Å². The largest absolute Gasteiger partial charge is 0.490 e. The number of benzene rings is 1. The number of aliphatic hydroxyl groups excluding tert-OH is 3. The first-order valence-electron chi connectivity index (χ1n) is 21.6. The quantitative estimate of drug-likeness (QED) is 0.0451. The number of carbonyl (C=O) groups is 1. The number of ether oxygens (including phenoxy) is 4. The Bertz CT molecular complexity index is 875. The van der Waals surface area contributed by atoms with E-state index in [-0.39, 0.29) is 0 Å². The van der Waals surface area contributed by atoms with Crippen molar-refractivity contribution in [2.75, 3.05) is 46.8 Å². The minimum Gasteiger partial charge on any atom is -0.490 e. The van der Waals surface area contributed by atoms with Crippen LogP contribution in [0.4, 0.5) is 0 Å². The van der Waals surface area contributed by atoms with Gasteiger partial charge in [0, 0.05) is 19.8 Å². The molecule has 0 unspecified atom stereocenters. The van der Waals surface area contributed by atoms with Gasteiger partial charge in [0.15, 0.2) is 11.5 Å². The van der Waals surface area contributed by atoms with E-state index in [2.05, 4.69) is 0 Å². The molecule has 0 radical (unpaired) electrons. The summed E-state index contributed by atoms with van der Waals surface area (Å²) in [4.78, 5) is 12.6. The predicted molar refractivity (Wildman–Crippen MR) is 214 cm³/mol. The van der Waals surface area contributed by atoms with Crippen molar-refractivity contribution in [2.45, 2.75) is 193 Å². The highest BCUT2D eigenvalue weighted by atomic mass is 16.5. The standard InChI is InChI=1S/C44H80O8/c1-49-44(48)40-38-41(50-35-29-23-17-11-5-2-8-14-20-26-32-45)43(52-37-31-25-19-13-7-4-10-16-22-28-34-47)42(39-40)51-36-30-24-18-12-6-3-9-15-21-27-33-46/h38-39,45-47H,2-37H2,1H3. The van der Waals surface area contributed by atoms with Crippen LogP contribution < -0.4 is 14.2 Å². The first kappa shape index (κ1) is 48.0. The minimum atomic E-state index is -0.414. The molecular weight excluding hydrogens is 656 g/mol. The van der Waals surface area contributed by atoms with Crippen LogP contribution in [-0.2, 0) is 4.74 Å². The molecule has 1 rings (SSSR count). The van der Waals surface area contributed by atoms with Gasteiger partial charge in [-0.25, -0.2) is 4.79 Å². The third-order valence-electron chi connectivity index (χ3n) is 9.86. The van der Waals surface area contributed by atoms with Crippen LogP contribution >= 0.6 is 0 Å². The van der Waals surface area contributed by atoms with Crippen LogP contribution in [0.5, 0.6) is 17.2 Å². The average molecular weight is 737 g/mol. The highest BCUT2D eigenvalue weighted by Crippen LogP contribution is 2.40. The van der Waals surface area contributed by atoms with Gasteiger partial charge in [0.1, 0.15) is 0 Å². The molecule has 0 aliphatic heterocycles. The van der Waals surface area contributed by atoms with Gasteiger partial charge in [0.25, 0.3) is 0 Å². The van der Waals surface area contributed by atoms with Crippen molar-refractivity contribution in [3.05, 3.63) is 17.7 Å². The van der Waals surface area contributed by atoms with Crippen molar-refractivity contribution in [3.63, 3.8) is 0 Å². The van der Waals surface area contributed by atoms with Gasteiger partial charge in [-0.15, -0.1) is 0 Å². The number of esters is 1. The molecule has 0 saturated carbocycles. The van der Waals surface area contributed by atoms with Crippen molar-refractivity contribution < 1.29 is 39.1 Å². The van der Waals surface area contributed by atoms with Crippen LogP contribution in [0.25, 0.3) is 0 Å². The highest BCUT2D eigenvalue weighted by Gasteiger charge is 2.19. The van der Waals surface area contributed by atoms with E-state index in [4.69, 9.17) is 34.3 Å². The number of methoxy groups -OCH3 is 1. The lowest BCUT2D eigenvalue weighted by Crippen LogP contribution is -2.09. The van der Waals surface area contributed by atoms with Gasteiger partial charge in [-0.05, 0) is 50.7 Å². The molecule has 0 bridgehead atoms. The van der Waals surface area contributed by atoms with Gasteiger partial charge in [0.2, 0.25) is 5.75 Å². The first-order chi connectivity index (χ1) is 25.7. The first-order valence-corrected chi connectivity index (χ1v) is 21.6. The summed E-state index contributed by atoms with van der Waals surface area (Å²) in [6.45, 7) is 2.61. The Kier molecular flexibility index (Phi) is 34.4. The molecule has 3 N–H and O–H groups in total. The Morgan fingerprint density at radius 2 is 0.654 bits per heavy atom. The zero-order chi connectivity index (χ0) is 37.6. The summed E-state index contributed by atoms with van der Waals surface area (Å²) in [7, 11) is 1.40.